The fourth-order valence-electron chi connectivity index (χ4n) is 3.22. The first-order valence-corrected chi connectivity index (χ1v) is 10.3. The number of nitrogens with zero attached hydrogens (tertiary/aromatic N) is 1. The van der Waals surface area contributed by atoms with Crippen molar-refractivity contribution in [3.63, 3.8) is 0 Å². The fraction of sp³-hybridized carbons (Fsp3) is 0.0370. The molecule has 4 rings (SSSR count). The van der Waals surface area contributed by atoms with Gasteiger partial charge in [-0.1, -0.05) is 66.7 Å². The first-order valence-electron chi connectivity index (χ1n) is 10.3. The lowest BCUT2D eigenvalue weighted by Gasteiger charge is -2.12. The summed E-state index contributed by atoms with van der Waals surface area (Å²) in [5.41, 5.74) is 5.25. The van der Waals surface area contributed by atoms with Crippen LogP contribution in [-0.2, 0) is 6.61 Å². The van der Waals surface area contributed by atoms with E-state index in [1.54, 1.807) is 24.3 Å². The SMILES string of the molecule is O=C(N/N=C\c1c(F)cccc1F)c1ccc(COc2ccccc2-c2ccccc2)cc1. The van der Waals surface area contributed by atoms with Crippen LogP contribution >= 0.6 is 0 Å². The number of ether oxygens (including phenoxy) is 1. The molecule has 1 N–H and O–H groups in total. The Labute approximate surface area is 190 Å². The molecule has 0 radical (unpaired) electrons. The monoisotopic (exact) mass is 442 g/mol. The van der Waals surface area contributed by atoms with E-state index in [2.05, 4.69) is 10.5 Å². The number of amides is 1. The van der Waals surface area contributed by atoms with Gasteiger partial charge in [-0.25, -0.2) is 14.2 Å². The van der Waals surface area contributed by atoms with Crippen molar-refractivity contribution in [1.82, 2.24) is 5.43 Å². The van der Waals surface area contributed by atoms with E-state index < -0.39 is 17.5 Å². The molecule has 0 aliphatic heterocycles. The van der Waals surface area contributed by atoms with Crippen LogP contribution in [0.25, 0.3) is 11.1 Å². The van der Waals surface area contributed by atoms with Gasteiger partial charge in [0.15, 0.2) is 0 Å². The highest BCUT2D eigenvalue weighted by molar-refractivity contribution is 5.94. The number of rotatable bonds is 7. The van der Waals surface area contributed by atoms with Gasteiger partial charge in [0.05, 0.1) is 11.8 Å². The molecule has 0 saturated carbocycles. The molecule has 1 amide bonds. The lowest BCUT2D eigenvalue weighted by Crippen LogP contribution is -2.17. The van der Waals surface area contributed by atoms with Crippen molar-refractivity contribution in [1.29, 1.82) is 0 Å². The second-order valence-electron chi connectivity index (χ2n) is 7.18. The highest BCUT2D eigenvalue weighted by Crippen LogP contribution is 2.30. The maximum absolute atomic E-state index is 13.6. The van der Waals surface area contributed by atoms with E-state index in [-0.39, 0.29) is 5.56 Å². The van der Waals surface area contributed by atoms with Crippen LogP contribution < -0.4 is 10.2 Å². The Bertz CT molecular complexity index is 1250. The maximum atomic E-state index is 13.6. The number of carbonyl (C=O) groups is 1. The fourth-order valence-corrected chi connectivity index (χ4v) is 3.22. The first kappa shape index (κ1) is 21.9. The van der Waals surface area contributed by atoms with Crippen molar-refractivity contribution >= 4 is 12.1 Å². The summed E-state index contributed by atoms with van der Waals surface area (Å²) in [4.78, 5) is 12.3. The third-order valence-electron chi connectivity index (χ3n) is 4.94. The molecule has 0 saturated heterocycles. The van der Waals surface area contributed by atoms with Gasteiger partial charge in [0.1, 0.15) is 24.0 Å². The van der Waals surface area contributed by atoms with Gasteiger partial charge in [-0.05, 0) is 41.5 Å². The zero-order chi connectivity index (χ0) is 23.0. The van der Waals surface area contributed by atoms with E-state index in [4.69, 9.17) is 4.74 Å². The van der Waals surface area contributed by atoms with E-state index in [1.807, 2.05) is 54.6 Å². The largest absolute Gasteiger partial charge is 0.488 e. The molecule has 6 heteroatoms. The van der Waals surface area contributed by atoms with Crippen molar-refractivity contribution in [2.45, 2.75) is 6.61 Å². The molecule has 0 heterocycles. The van der Waals surface area contributed by atoms with E-state index in [0.717, 1.165) is 40.8 Å². The molecule has 164 valence electrons. The molecule has 0 aliphatic carbocycles. The second-order valence-corrected chi connectivity index (χ2v) is 7.18. The minimum absolute atomic E-state index is 0.318. The summed E-state index contributed by atoms with van der Waals surface area (Å²) in [7, 11) is 0. The molecular formula is C27H20F2N2O2. The molecule has 0 bridgehead atoms. The Morgan fingerprint density at radius 2 is 1.48 bits per heavy atom. The van der Waals surface area contributed by atoms with Gasteiger partial charge in [0.2, 0.25) is 0 Å². The van der Waals surface area contributed by atoms with Crippen molar-refractivity contribution in [3.05, 3.63) is 125 Å². The van der Waals surface area contributed by atoms with Gasteiger partial charge in [-0.2, -0.15) is 5.10 Å². The number of halogens is 2. The topological polar surface area (TPSA) is 50.7 Å². The van der Waals surface area contributed by atoms with Crippen molar-refractivity contribution in [3.8, 4) is 16.9 Å². The molecule has 4 aromatic rings. The lowest BCUT2D eigenvalue weighted by atomic mass is 10.0. The number of hydrogen-bond acceptors (Lipinski definition) is 3. The van der Waals surface area contributed by atoms with Gasteiger partial charge >= 0.3 is 0 Å². The van der Waals surface area contributed by atoms with Crippen molar-refractivity contribution in [2.24, 2.45) is 5.10 Å². The van der Waals surface area contributed by atoms with E-state index >= 15 is 0 Å². The highest BCUT2D eigenvalue weighted by atomic mass is 19.1. The average Bonchev–Trinajstić information content (AvgIpc) is 2.85. The van der Waals surface area contributed by atoms with Gasteiger partial charge in [-0.3, -0.25) is 4.79 Å². The standard InChI is InChI=1S/C27H20F2N2O2/c28-24-10-6-11-25(29)23(24)17-30-31-27(32)21-15-13-19(14-16-21)18-33-26-12-5-4-9-22(26)20-7-2-1-3-8-20/h1-17H,18H2,(H,31,32)/b30-17-. The number of hydrazone groups is 1. The van der Waals surface area contributed by atoms with Gasteiger partial charge in [-0.15, -0.1) is 0 Å². The maximum Gasteiger partial charge on any atom is 0.271 e. The number of hydrogen-bond donors (Lipinski definition) is 1. The Balaban J connectivity index is 1.37. The number of carbonyl (C=O) groups excluding carboxylic acids is 1. The van der Waals surface area contributed by atoms with Crippen LogP contribution in [0, 0.1) is 11.6 Å². The third-order valence-corrected chi connectivity index (χ3v) is 4.94. The Hall–Kier alpha value is -4.32. The van der Waals surface area contributed by atoms with Crippen molar-refractivity contribution < 1.29 is 18.3 Å². The molecule has 0 aliphatic rings. The highest BCUT2D eigenvalue weighted by Gasteiger charge is 2.08. The molecule has 0 atom stereocenters. The molecule has 0 fully saturated rings. The van der Waals surface area contributed by atoms with E-state index in [0.29, 0.717) is 12.2 Å². The summed E-state index contributed by atoms with van der Waals surface area (Å²) in [6.45, 7) is 0.330. The third kappa shape index (κ3) is 5.49. The summed E-state index contributed by atoms with van der Waals surface area (Å²) in [6.07, 6.45) is 0.939. The zero-order valence-electron chi connectivity index (χ0n) is 17.5. The minimum Gasteiger partial charge on any atom is -0.488 e. The van der Waals surface area contributed by atoms with Crippen LogP contribution in [0.2, 0.25) is 0 Å². The number of nitrogens with one attached hydrogen (secondary N) is 1. The predicted octanol–water partition coefficient (Wildman–Crippen LogP) is 5.97. The van der Waals surface area contributed by atoms with Crippen LogP contribution in [0.4, 0.5) is 8.78 Å². The van der Waals surface area contributed by atoms with Crippen molar-refractivity contribution in [2.75, 3.05) is 0 Å². The summed E-state index contributed by atoms with van der Waals surface area (Å²) in [6, 6.07) is 28.1. The number of benzene rings is 4. The van der Waals surface area contributed by atoms with E-state index in [1.165, 1.54) is 6.07 Å². The lowest BCUT2D eigenvalue weighted by molar-refractivity contribution is 0.0955. The molecule has 0 aromatic heterocycles. The van der Waals surface area contributed by atoms with Gasteiger partial charge < -0.3 is 4.74 Å². The molecule has 0 spiro atoms. The van der Waals surface area contributed by atoms with Crippen LogP contribution in [0.3, 0.4) is 0 Å². The van der Waals surface area contributed by atoms with Crippen LogP contribution in [0.15, 0.2) is 102 Å². The molecule has 4 nitrogen and oxygen atoms in total. The Kier molecular flexibility index (Phi) is 6.85. The minimum atomic E-state index is -0.758. The quantitative estimate of drug-likeness (QED) is 0.283. The summed E-state index contributed by atoms with van der Waals surface area (Å²) < 4.78 is 33.2. The first-order chi connectivity index (χ1) is 16.1. The normalized spacial score (nSPS) is 10.8. The van der Waals surface area contributed by atoms with Gasteiger partial charge in [0, 0.05) is 11.1 Å². The predicted molar refractivity (Wildman–Crippen MR) is 124 cm³/mol. The van der Waals surface area contributed by atoms with E-state index in [9.17, 15) is 13.6 Å². The summed E-state index contributed by atoms with van der Waals surface area (Å²) in [5.74, 6) is -1.25. The molecular weight excluding hydrogens is 422 g/mol. The average molecular weight is 442 g/mol. The molecule has 0 unspecified atom stereocenters. The van der Waals surface area contributed by atoms with Crippen LogP contribution in [-0.4, -0.2) is 12.1 Å². The molecule has 33 heavy (non-hydrogen) atoms. The smallest absolute Gasteiger partial charge is 0.271 e. The van der Waals surface area contributed by atoms with Crippen LogP contribution in [0.1, 0.15) is 21.5 Å². The van der Waals surface area contributed by atoms with Gasteiger partial charge in [0.25, 0.3) is 5.91 Å². The molecule has 4 aromatic carbocycles. The Morgan fingerprint density at radius 1 is 0.818 bits per heavy atom. The number of para-hydroxylation sites is 1. The zero-order valence-corrected chi connectivity index (χ0v) is 17.5. The van der Waals surface area contributed by atoms with Crippen LogP contribution in [0.5, 0.6) is 5.75 Å². The summed E-state index contributed by atoms with van der Waals surface area (Å²) >= 11 is 0. The second kappa shape index (κ2) is 10.3. The summed E-state index contributed by atoms with van der Waals surface area (Å²) in [5, 5.41) is 3.65. The Morgan fingerprint density at radius 3 is 2.21 bits per heavy atom.